The van der Waals surface area contributed by atoms with E-state index in [9.17, 15) is 4.79 Å². The number of nitrogen functional groups attached to an aromatic ring is 1. The van der Waals surface area contributed by atoms with E-state index < -0.39 is 0 Å². The number of thiophene rings is 1. The molecule has 0 aliphatic carbocycles. The third-order valence-electron chi connectivity index (χ3n) is 2.64. The average molecular weight is 259 g/mol. The molecule has 2 rings (SSSR count). The number of carbonyl (C=O) groups excluding carboxylic acids is 1. The maximum Gasteiger partial charge on any atom is 0.264 e. The fourth-order valence-corrected chi connectivity index (χ4v) is 2.72. The van der Waals surface area contributed by atoms with Crippen LogP contribution < -0.4 is 11.1 Å². The molecular weight excluding hydrogens is 246 g/mol. The number of terminal acetylenes is 1. The Morgan fingerprint density at radius 1 is 1.67 bits per heavy atom. The van der Waals surface area contributed by atoms with Crippen molar-refractivity contribution in [2.45, 2.75) is 19.9 Å². The van der Waals surface area contributed by atoms with Crippen LogP contribution in [0, 0.1) is 19.3 Å². The average Bonchev–Trinajstić information content (AvgIpc) is 2.68. The van der Waals surface area contributed by atoms with Gasteiger partial charge in [-0.15, -0.1) is 17.8 Å². The molecule has 2 aromatic rings. The predicted octanol–water partition coefficient (Wildman–Crippen LogP) is 1.94. The normalized spacial score (nSPS) is 12.1. The number of aromatic nitrogens is 1. The van der Waals surface area contributed by atoms with Crippen molar-refractivity contribution in [3.63, 3.8) is 0 Å². The van der Waals surface area contributed by atoms with E-state index in [4.69, 9.17) is 12.2 Å². The SMILES string of the molecule is C#CC(C)NC(=O)c1sc2nccc(C)c2c1N. The van der Waals surface area contributed by atoms with Crippen LogP contribution in [0.4, 0.5) is 5.69 Å². The minimum Gasteiger partial charge on any atom is -0.397 e. The largest absolute Gasteiger partial charge is 0.397 e. The zero-order chi connectivity index (χ0) is 13.3. The molecule has 0 fully saturated rings. The van der Waals surface area contributed by atoms with Crippen molar-refractivity contribution in [2.75, 3.05) is 5.73 Å². The maximum absolute atomic E-state index is 12.0. The van der Waals surface area contributed by atoms with Crippen LogP contribution in [0.3, 0.4) is 0 Å². The Kier molecular flexibility index (Phi) is 3.21. The number of nitrogens with zero attached hydrogens (tertiary/aromatic N) is 1. The van der Waals surface area contributed by atoms with E-state index in [1.54, 1.807) is 13.1 Å². The second-order valence-electron chi connectivity index (χ2n) is 4.01. The number of hydrogen-bond donors (Lipinski definition) is 2. The molecule has 2 aromatic heterocycles. The van der Waals surface area contributed by atoms with Gasteiger partial charge in [0.2, 0.25) is 0 Å². The highest BCUT2D eigenvalue weighted by atomic mass is 32.1. The van der Waals surface area contributed by atoms with E-state index >= 15 is 0 Å². The van der Waals surface area contributed by atoms with Crippen LogP contribution >= 0.6 is 11.3 Å². The first-order valence-corrected chi connectivity index (χ1v) is 6.26. The van der Waals surface area contributed by atoms with Gasteiger partial charge in [-0.1, -0.05) is 5.92 Å². The van der Waals surface area contributed by atoms with Crippen molar-refractivity contribution in [1.82, 2.24) is 10.3 Å². The topological polar surface area (TPSA) is 68.0 Å². The van der Waals surface area contributed by atoms with Crippen molar-refractivity contribution >= 4 is 33.1 Å². The van der Waals surface area contributed by atoms with Crippen LogP contribution in [0.25, 0.3) is 10.2 Å². The summed E-state index contributed by atoms with van der Waals surface area (Å²) in [4.78, 5) is 17.5. The minimum atomic E-state index is -0.323. The van der Waals surface area contributed by atoms with Crippen LogP contribution in [0.15, 0.2) is 12.3 Å². The first-order chi connectivity index (χ1) is 8.54. The molecule has 0 aromatic carbocycles. The predicted molar refractivity (Wildman–Crippen MR) is 74.5 cm³/mol. The molecule has 5 heteroatoms. The van der Waals surface area contributed by atoms with Crippen molar-refractivity contribution in [1.29, 1.82) is 0 Å². The van der Waals surface area contributed by atoms with Crippen molar-refractivity contribution in [2.24, 2.45) is 0 Å². The van der Waals surface area contributed by atoms with E-state index in [0.717, 1.165) is 15.8 Å². The van der Waals surface area contributed by atoms with E-state index in [1.807, 2.05) is 13.0 Å². The van der Waals surface area contributed by atoms with Crippen molar-refractivity contribution in [3.8, 4) is 12.3 Å². The van der Waals surface area contributed by atoms with Gasteiger partial charge in [-0.2, -0.15) is 0 Å². The Bertz CT molecular complexity index is 654. The Morgan fingerprint density at radius 2 is 2.39 bits per heavy atom. The summed E-state index contributed by atoms with van der Waals surface area (Å²) in [5, 5.41) is 3.54. The van der Waals surface area contributed by atoms with Crippen LogP contribution in [0.5, 0.6) is 0 Å². The molecule has 3 N–H and O–H groups in total. The number of pyridine rings is 1. The first kappa shape index (κ1) is 12.4. The number of hydrogen-bond acceptors (Lipinski definition) is 4. The maximum atomic E-state index is 12.0. The van der Waals surface area contributed by atoms with E-state index in [-0.39, 0.29) is 11.9 Å². The molecule has 4 nitrogen and oxygen atoms in total. The smallest absolute Gasteiger partial charge is 0.264 e. The first-order valence-electron chi connectivity index (χ1n) is 5.45. The summed E-state index contributed by atoms with van der Waals surface area (Å²) in [7, 11) is 0. The van der Waals surface area contributed by atoms with Gasteiger partial charge in [-0.05, 0) is 25.5 Å². The molecule has 0 aliphatic rings. The van der Waals surface area contributed by atoms with E-state index in [1.165, 1.54) is 11.3 Å². The molecule has 0 bridgehead atoms. The van der Waals surface area contributed by atoms with E-state index in [0.29, 0.717) is 10.6 Å². The molecule has 1 unspecified atom stereocenters. The van der Waals surface area contributed by atoms with E-state index in [2.05, 4.69) is 16.2 Å². The van der Waals surface area contributed by atoms with Crippen LogP contribution in [-0.2, 0) is 0 Å². The van der Waals surface area contributed by atoms with Crippen LogP contribution in [-0.4, -0.2) is 16.9 Å². The molecule has 0 aliphatic heterocycles. The number of nitrogens with one attached hydrogen (secondary N) is 1. The van der Waals surface area contributed by atoms with Gasteiger partial charge in [0.05, 0.1) is 11.7 Å². The molecule has 92 valence electrons. The molecule has 1 atom stereocenters. The Morgan fingerprint density at radius 3 is 3.00 bits per heavy atom. The van der Waals surface area contributed by atoms with Gasteiger partial charge < -0.3 is 11.1 Å². The number of rotatable bonds is 2. The van der Waals surface area contributed by atoms with Crippen LogP contribution in [0.1, 0.15) is 22.2 Å². The van der Waals surface area contributed by atoms with Crippen molar-refractivity contribution < 1.29 is 4.79 Å². The Balaban J connectivity index is 2.47. The van der Waals surface area contributed by atoms with Gasteiger partial charge >= 0.3 is 0 Å². The van der Waals surface area contributed by atoms with Crippen LogP contribution in [0.2, 0.25) is 0 Å². The second-order valence-corrected chi connectivity index (χ2v) is 5.01. The molecular formula is C13H13N3OS. The molecule has 2 heterocycles. The number of amides is 1. The number of anilines is 1. The molecule has 0 spiro atoms. The lowest BCUT2D eigenvalue weighted by molar-refractivity contribution is 0.0953. The highest BCUT2D eigenvalue weighted by molar-refractivity contribution is 7.21. The Labute approximate surface area is 109 Å². The summed E-state index contributed by atoms with van der Waals surface area (Å²) in [6, 6.07) is 1.55. The fourth-order valence-electron chi connectivity index (χ4n) is 1.68. The standard InChI is InChI=1S/C13H13N3OS/c1-4-8(3)16-12(17)11-10(14)9-7(2)5-6-15-13(9)18-11/h1,5-6,8H,14H2,2-3H3,(H,16,17). The highest BCUT2D eigenvalue weighted by Gasteiger charge is 2.18. The summed E-state index contributed by atoms with van der Waals surface area (Å²) in [6.07, 6.45) is 6.94. The summed E-state index contributed by atoms with van der Waals surface area (Å²) in [5.74, 6) is 2.20. The number of nitrogens with two attached hydrogens (primary N) is 1. The monoisotopic (exact) mass is 259 g/mol. The van der Waals surface area contributed by atoms with Gasteiger partial charge in [-0.3, -0.25) is 4.79 Å². The fraction of sp³-hybridized carbons (Fsp3) is 0.231. The van der Waals surface area contributed by atoms with Gasteiger partial charge in [0.25, 0.3) is 5.91 Å². The molecule has 1 amide bonds. The third-order valence-corrected chi connectivity index (χ3v) is 3.75. The second kappa shape index (κ2) is 4.67. The minimum absolute atomic E-state index is 0.250. The zero-order valence-electron chi connectivity index (χ0n) is 10.2. The number of carbonyl (C=O) groups is 1. The number of fused-ring (bicyclic) bond motifs is 1. The molecule has 0 saturated carbocycles. The molecule has 0 saturated heterocycles. The van der Waals surface area contributed by atoms with Gasteiger partial charge in [0.1, 0.15) is 9.71 Å². The Hall–Kier alpha value is -2.06. The highest BCUT2D eigenvalue weighted by Crippen LogP contribution is 2.34. The van der Waals surface area contributed by atoms with Gasteiger partial charge in [-0.25, -0.2) is 4.98 Å². The summed E-state index contributed by atoms with van der Waals surface area (Å²) < 4.78 is 0. The summed E-state index contributed by atoms with van der Waals surface area (Å²) in [5.41, 5.74) is 7.50. The molecule has 18 heavy (non-hydrogen) atoms. The quantitative estimate of drug-likeness (QED) is 0.810. The number of aryl methyl sites for hydroxylation is 1. The lowest BCUT2D eigenvalue weighted by Crippen LogP contribution is -2.31. The van der Waals surface area contributed by atoms with Gasteiger partial charge in [0, 0.05) is 11.6 Å². The summed E-state index contributed by atoms with van der Waals surface area (Å²) >= 11 is 1.28. The summed E-state index contributed by atoms with van der Waals surface area (Å²) in [6.45, 7) is 3.68. The van der Waals surface area contributed by atoms with Gasteiger partial charge in [0.15, 0.2) is 0 Å². The molecule has 0 radical (unpaired) electrons. The van der Waals surface area contributed by atoms with Crippen molar-refractivity contribution in [3.05, 3.63) is 22.7 Å². The zero-order valence-corrected chi connectivity index (χ0v) is 11.0. The third kappa shape index (κ3) is 2.03. The lowest BCUT2D eigenvalue weighted by Gasteiger charge is -2.06. The lowest BCUT2D eigenvalue weighted by atomic mass is 10.1.